The van der Waals surface area contributed by atoms with Crippen molar-refractivity contribution in [3.63, 3.8) is 0 Å². The highest BCUT2D eigenvalue weighted by molar-refractivity contribution is 5.69. The Bertz CT molecular complexity index is 154. The zero-order valence-corrected chi connectivity index (χ0v) is 6.35. The standard InChI is InChI=1S/C8H16O2/c1-3-5-7-10-8(9)6-4-2/h3-7H2,1-2H3/i2D3. The summed E-state index contributed by atoms with van der Waals surface area (Å²) in [6.07, 6.45) is 1.68. The lowest BCUT2D eigenvalue weighted by atomic mass is 10.3. The smallest absolute Gasteiger partial charge is 0.305 e. The van der Waals surface area contributed by atoms with E-state index in [-0.39, 0.29) is 12.8 Å². The van der Waals surface area contributed by atoms with Crippen molar-refractivity contribution in [1.82, 2.24) is 0 Å². The van der Waals surface area contributed by atoms with Gasteiger partial charge in [-0.3, -0.25) is 4.79 Å². The predicted molar refractivity (Wildman–Crippen MR) is 40.8 cm³/mol. The number of hydrogen-bond acceptors (Lipinski definition) is 2. The Morgan fingerprint density at radius 1 is 1.60 bits per heavy atom. The van der Waals surface area contributed by atoms with Gasteiger partial charge in [0.05, 0.1) is 6.61 Å². The Kier molecular flexibility index (Phi) is 3.40. The summed E-state index contributed by atoms with van der Waals surface area (Å²) in [5.74, 6) is -0.412. The van der Waals surface area contributed by atoms with Gasteiger partial charge in [0.1, 0.15) is 0 Å². The van der Waals surface area contributed by atoms with Crippen LogP contribution in [0.3, 0.4) is 0 Å². The van der Waals surface area contributed by atoms with Crippen LogP contribution in [0.4, 0.5) is 0 Å². The van der Waals surface area contributed by atoms with Crippen LogP contribution < -0.4 is 0 Å². The third-order valence-corrected chi connectivity index (χ3v) is 1.09. The lowest BCUT2D eigenvalue weighted by molar-refractivity contribution is -0.143. The van der Waals surface area contributed by atoms with Gasteiger partial charge in [-0.2, -0.15) is 0 Å². The maximum atomic E-state index is 10.9. The Morgan fingerprint density at radius 2 is 2.40 bits per heavy atom. The normalized spacial score (nSPS) is 15.1. The van der Waals surface area contributed by atoms with Crippen LogP contribution in [0.1, 0.15) is 43.6 Å². The number of carbonyl (C=O) groups excluding carboxylic acids is 1. The third kappa shape index (κ3) is 5.60. The minimum Gasteiger partial charge on any atom is -0.466 e. The molecule has 0 aliphatic heterocycles. The second-order valence-electron chi connectivity index (χ2n) is 2.07. The van der Waals surface area contributed by atoms with Gasteiger partial charge in [0.2, 0.25) is 0 Å². The lowest BCUT2D eigenvalue weighted by Gasteiger charge is -2.00. The largest absolute Gasteiger partial charge is 0.466 e. The zero-order valence-electron chi connectivity index (χ0n) is 9.35. The first kappa shape index (κ1) is 5.16. The molecule has 0 aromatic carbocycles. The Labute approximate surface area is 66.8 Å². The molecule has 0 aliphatic rings. The van der Waals surface area contributed by atoms with E-state index < -0.39 is 12.8 Å². The fourth-order valence-corrected chi connectivity index (χ4v) is 0.505. The van der Waals surface area contributed by atoms with E-state index in [9.17, 15) is 4.79 Å². The summed E-state index contributed by atoms with van der Waals surface area (Å²) < 4.78 is 25.4. The quantitative estimate of drug-likeness (QED) is 0.440. The van der Waals surface area contributed by atoms with Crippen molar-refractivity contribution in [2.75, 3.05) is 6.61 Å². The molecule has 0 saturated carbocycles. The molecule has 10 heavy (non-hydrogen) atoms. The van der Waals surface area contributed by atoms with Gasteiger partial charge in [-0.15, -0.1) is 0 Å². The topological polar surface area (TPSA) is 26.3 Å². The minimum absolute atomic E-state index is 0.0137. The molecule has 0 rings (SSSR count). The van der Waals surface area contributed by atoms with E-state index in [1.54, 1.807) is 0 Å². The van der Waals surface area contributed by atoms with Gasteiger partial charge in [-0.05, 0) is 12.8 Å². The molecule has 0 heterocycles. The Hall–Kier alpha value is -0.530. The van der Waals surface area contributed by atoms with Gasteiger partial charge in [-0.25, -0.2) is 0 Å². The third-order valence-electron chi connectivity index (χ3n) is 1.09. The van der Waals surface area contributed by atoms with E-state index in [2.05, 4.69) is 0 Å². The summed E-state index contributed by atoms with van der Waals surface area (Å²) in [6, 6.07) is 0. The SMILES string of the molecule is [2H]C([2H])([2H])CCC(=O)OCCCC. The fourth-order valence-electron chi connectivity index (χ4n) is 0.505. The number of carbonyl (C=O) groups is 1. The van der Waals surface area contributed by atoms with Gasteiger partial charge in [0.25, 0.3) is 0 Å². The van der Waals surface area contributed by atoms with E-state index in [4.69, 9.17) is 8.85 Å². The molecule has 0 radical (unpaired) electrons. The van der Waals surface area contributed by atoms with Crippen molar-refractivity contribution in [1.29, 1.82) is 0 Å². The van der Waals surface area contributed by atoms with Crippen molar-refractivity contribution in [2.45, 2.75) is 39.5 Å². The fraction of sp³-hybridized carbons (Fsp3) is 0.875. The van der Waals surface area contributed by atoms with Crippen LogP contribution in [-0.2, 0) is 9.53 Å². The molecule has 0 fully saturated rings. The average molecular weight is 147 g/mol. The average Bonchev–Trinajstić information content (AvgIpc) is 2.00. The van der Waals surface area contributed by atoms with E-state index in [1.807, 2.05) is 6.92 Å². The van der Waals surface area contributed by atoms with E-state index in [1.165, 1.54) is 0 Å². The first-order chi connectivity index (χ1) is 5.95. The van der Waals surface area contributed by atoms with Crippen LogP contribution in [-0.4, -0.2) is 12.6 Å². The van der Waals surface area contributed by atoms with Gasteiger partial charge in [0, 0.05) is 10.5 Å². The molecule has 0 aliphatic carbocycles. The number of rotatable bonds is 5. The van der Waals surface area contributed by atoms with Gasteiger partial charge in [-0.1, -0.05) is 20.2 Å². The maximum absolute atomic E-state index is 10.9. The first-order valence-corrected chi connectivity index (χ1v) is 3.61. The number of esters is 1. The van der Waals surface area contributed by atoms with Gasteiger partial charge < -0.3 is 4.74 Å². The Balaban J connectivity index is 3.41. The lowest BCUT2D eigenvalue weighted by Crippen LogP contribution is -2.04. The van der Waals surface area contributed by atoms with Crippen molar-refractivity contribution >= 4 is 5.97 Å². The molecule has 0 atom stereocenters. The second kappa shape index (κ2) is 6.59. The van der Waals surface area contributed by atoms with Crippen molar-refractivity contribution < 1.29 is 13.6 Å². The van der Waals surface area contributed by atoms with E-state index in [0.29, 0.717) is 6.61 Å². The minimum atomic E-state index is -2.02. The molecular weight excluding hydrogens is 128 g/mol. The first-order valence-electron chi connectivity index (χ1n) is 5.11. The number of unbranched alkanes of at least 4 members (excludes halogenated alkanes) is 1. The van der Waals surface area contributed by atoms with Crippen LogP contribution in [0.5, 0.6) is 0 Å². The van der Waals surface area contributed by atoms with Crippen molar-refractivity contribution in [3.05, 3.63) is 0 Å². The Morgan fingerprint density at radius 3 is 3.00 bits per heavy atom. The van der Waals surface area contributed by atoms with Crippen LogP contribution in [0.15, 0.2) is 0 Å². The number of hydrogen-bond donors (Lipinski definition) is 0. The molecular formula is C8H16O2. The highest BCUT2D eigenvalue weighted by Gasteiger charge is 1.97. The molecule has 0 unspecified atom stereocenters. The van der Waals surface area contributed by atoms with E-state index >= 15 is 0 Å². The summed E-state index contributed by atoms with van der Waals surface area (Å²) in [5.41, 5.74) is 0. The highest BCUT2D eigenvalue weighted by Crippen LogP contribution is 1.93. The predicted octanol–water partition coefficient (Wildman–Crippen LogP) is 2.13. The highest BCUT2D eigenvalue weighted by atomic mass is 16.5. The molecule has 0 aromatic heterocycles. The molecule has 0 N–H and O–H groups in total. The molecule has 2 heteroatoms. The molecule has 2 nitrogen and oxygen atoms in total. The second-order valence-corrected chi connectivity index (χ2v) is 2.07. The molecule has 0 aromatic rings. The summed E-state index contributed by atoms with van der Waals surface area (Å²) in [6.45, 7) is 0.371. The van der Waals surface area contributed by atoms with Gasteiger partial charge >= 0.3 is 5.97 Å². The monoisotopic (exact) mass is 147 g/mol. The van der Waals surface area contributed by atoms with Crippen molar-refractivity contribution in [2.24, 2.45) is 0 Å². The molecule has 0 saturated heterocycles. The summed E-state index contributed by atoms with van der Waals surface area (Å²) in [7, 11) is 0. The van der Waals surface area contributed by atoms with Crippen LogP contribution in [0, 0.1) is 0 Å². The molecule has 0 spiro atoms. The zero-order chi connectivity index (χ0) is 10.3. The molecule has 60 valence electrons. The van der Waals surface area contributed by atoms with Crippen LogP contribution >= 0.6 is 0 Å². The summed E-state index contributed by atoms with van der Waals surface area (Å²) in [5, 5.41) is 0. The number of ether oxygens (including phenoxy) is 1. The van der Waals surface area contributed by atoms with Crippen LogP contribution in [0.2, 0.25) is 0 Å². The summed E-state index contributed by atoms with van der Waals surface area (Å²) in [4.78, 5) is 10.9. The molecule has 0 bridgehead atoms. The maximum Gasteiger partial charge on any atom is 0.305 e. The van der Waals surface area contributed by atoms with Crippen molar-refractivity contribution in [3.8, 4) is 0 Å². The van der Waals surface area contributed by atoms with E-state index in [0.717, 1.165) is 12.8 Å². The van der Waals surface area contributed by atoms with Gasteiger partial charge in [0.15, 0.2) is 0 Å². The van der Waals surface area contributed by atoms with Crippen LogP contribution in [0.25, 0.3) is 0 Å². The summed E-state index contributed by atoms with van der Waals surface area (Å²) >= 11 is 0. The molecule has 0 amide bonds.